The van der Waals surface area contributed by atoms with Crippen molar-refractivity contribution in [2.24, 2.45) is 0 Å². The van der Waals surface area contributed by atoms with Crippen LogP contribution in [-0.4, -0.2) is 47.0 Å². The Bertz CT molecular complexity index is 1410. The highest BCUT2D eigenvalue weighted by Gasteiger charge is 2.46. The van der Waals surface area contributed by atoms with Gasteiger partial charge in [0.05, 0.1) is 31.4 Å². The Kier molecular flexibility index (Phi) is 7.52. The van der Waals surface area contributed by atoms with Gasteiger partial charge in [0.1, 0.15) is 17.3 Å². The van der Waals surface area contributed by atoms with E-state index < -0.39 is 23.7 Å². The lowest BCUT2D eigenvalue weighted by Crippen LogP contribution is -2.29. The first-order valence-corrected chi connectivity index (χ1v) is 12.1. The minimum Gasteiger partial charge on any atom is -0.507 e. The number of nitrogens with zero attached hydrogens (tertiary/aromatic N) is 1. The number of aliphatic hydroxyl groups excluding tert-OH is 1. The number of likely N-dealkylation sites (tertiary alicyclic amines) is 1. The smallest absolute Gasteiger partial charge is 0.335 e. The van der Waals surface area contributed by atoms with Gasteiger partial charge in [0.2, 0.25) is 0 Å². The molecule has 0 radical (unpaired) electrons. The van der Waals surface area contributed by atoms with Crippen LogP contribution in [0.2, 0.25) is 0 Å². The van der Waals surface area contributed by atoms with Gasteiger partial charge in [0.15, 0.2) is 0 Å². The second-order valence-corrected chi connectivity index (χ2v) is 9.31. The molecular formula is C30H29NO7. The number of hydrogen-bond donors (Lipinski definition) is 2. The summed E-state index contributed by atoms with van der Waals surface area (Å²) in [5.41, 5.74) is 2.60. The number of benzene rings is 3. The van der Waals surface area contributed by atoms with Gasteiger partial charge in [-0.15, -0.1) is 0 Å². The number of carboxylic acids is 1. The van der Waals surface area contributed by atoms with E-state index in [1.807, 2.05) is 13.8 Å². The summed E-state index contributed by atoms with van der Waals surface area (Å²) in [6.45, 7) is 4.03. The van der Waals surface area contributed by atoms with Gasteiger partial charge in [-0.25, -0.2) is 4.79 Å². The molecular weight excluding hydrogens is 486 g/mol. The molecule has 196 valence electrons. The fourth-order valence-electron chi connectivity index (χ4n) is 4.61. The molecule has 1 aliphatic rings. The number of Topliss-reactive ketones (excluding diaryl/α,β-unsaturated/α-hetero) is 1. The number of hydrogen-bond acceptors (Lipinski definition) is 6. The van der Waals surface area contributed by atoms with E-state index in [0.29, 0.717) is 28.2 Å². The average Bonchev–Trinajstić information content (AvgIpc) is 3.17. The van der Waals surface area contributed by atoms with Gasteiger partial charge in [-0.2, -0.15) is 0 Å². The van der Waals surface area contributed by atoms with E-state index in [4.69, 9.17) is 9.47 Å². The standard InChI is InChI=1S/C30H29NO7/c1-17(2)23-15-21(11-14-24(23)38-4)27(32)25-26(19-9-12-22(37-3)13-10-19)31(29(34)28(25)33)16-18-5-7-20(8-6-18)30(35)36/h5-15,17,26,32H,16H2,1-4H3,(H,35,36)/b27-25-. The van der Waals surface area contributed by atoms with E-state index in [2.05, 4.69) is 0 Å². The van der Waals surface area contributed by atoms with Gasteiger partial charge in [-0.3, -0.25) is 9.59 Å². The lowest BCUT2D eigenvalue weighted by Gasteiger charge is -2.26. The first kappa shape index (κ1) is 26.5. The highest BCUT2D eigenvalue weighted by atomic mass is 16.5. The third-order valence-corrected chi connectivity index (χ3v) is 6.65. The second-order valence-electron chi connectivity index (χ2n) is 9.31. The Morgan fingerprint density at radius 2 is 1.53 bits per heavy atom. The van der Waals surface area contributed by atoms with Crippen molar-refractivity contribution in [3.05, 3.63) is 100 Å². The molecule has 8 heteroatoms. The van der Waals surface area contributed by atoms with Crippen molar-refractivity contribution in [3.8, 4) is 11.5 Å². The molecule has 0 bridgehead atoms. The largest absolute Gasteiger partial charge is 0.507 e. The van der Waals surface area contributed by atoms with Crippen LogP contribution < -0.4 is 9.47 Å². The van der Waals surface area contributed by atoms with Crippen LogP contribution in [0.15, 0.2) is 72.3 Å². The lowest BCUT2D eigenvalue weighted by atomic mass is 9.93. The van der Waals surface area contributed by atoms with Crippen LogP contribution in [-0.2, 0) is 16.1 Å². The monoisotopic (exact) mass is 515 g/mol. The number of amides is 1. The summed E-state index contributed by atoms with van der Waals surface area (Å²) in [7, 11) is 3.11. The molecule has 0 aromatic heterocycles. The summed E-state index contributed by atoms with van der Waals surface area (Å²) >= 11 is 0. The average molecular weight is 516 g/mol. The zero-order valence-electron chi connectivity index (χ0n) is 21.6. The maximum Gasteiger partial charge on any atom is 0.335 e. The van der Waals surface area contributed by atoms with Gasteiger partial charge in [-0.1, -0.05) is 38.1 Å². The Morgan fingerprint density at radius 1 is 0.895 bits per heavy atom. The maximum absolute atomic E-state index is 13.4. The predicted molar refractivity (Wildman–Crippen MR) is 141 cm³/mol. The molecule has 8 nitrogen and oxygen atoms in total. The van der Waals surface area contributed by atoms with Crippen molar-refractivity contribution in [1.29, 1.82) is 0 Å². The van der Waals surface area contributed by atoms with E-state index in [9.17, 15) is 24.6 Å². The minimum absolute atomic E-state index is 0.0257. The number of carbonyl (C=O) groups is 3. The Labute approximate surface area is 220 Å². The highest BCUT2D eigenvalue weighted by Crippen LogP contribution is 2.41. The number of aliphatic hydroxyl groups is 1. The molecule has 2 N–H and O–H groups in total. The fourth-order valence-corrected chi connectivity index (χ4v) is 4.61. The van der Waals surface area contributed by atoms with Crippen molar-refractivity contribution in [3.63, 3.8) is 0 Å². The van der Waals surface area contributed by atoms with Gasteiger partial charge < -0.3 is 24.6 Å². The van der Waals surface area contributed by atoms with Crippen LogP contribution in [0.25, 0.3) is 5.76 Å². The van der Waals surface area contributed by atoms with Crippen LogP contribution >= 0.6 is 0 Å². The van der Waals surface area contributed by atoms with Crippen molar-refractivity contribution in [2.75, 3.05) is 14.2 Å². The number of methoxy groups -OCH3 is 2. The van der Waals surface area contributed by atoms with Crippen LogP contribution in [0.4, 0.5) is 0 Å². The molecule has 4 rings (SSSR count). The zero-order valence-corrected chi connectivity index (χ0v) is 21.6. The van der Waals surface area contributed by atoms with Crippen LogP contribution in [0.5, 0.6) is 11.5 Å². The predicted octanol–water partition coefficient (Wildman–Crippen LogP) is 5.15. The topological polar surface area (TPSA) is 113 Å². The number of ether oxygens (including phenoxy) is 2. The first-order valence-electron chi connectivity index (χ1n) is 12.1. The van der Waals surface area contributed by atoms with Gasteiger partial charge in [-0.05, 0) is 65.1 Å². The van der Waals surface area contributed by atoms with E-state index in [-0.39, 0.29) is 29.4 Å². The highest BCUT2D eigenvalue weighted by molar-refractivity contribution is 6.46. The van der Waals surface area contributed by atoms with Crippen LogP contribution in [0.1, 0.15) is 58.4 Å². The van der Waals surface area contributed by atoms with Gasteiger partial charge in [0.25, 0.3) is 11.7 Å². The van der Waals surface area contributed by atoms with E-state index in [1.165, 1.54) is 24.1 Å². The first-order chi connectivity index (χ1) is 18.2. The summed E-state index contributed by atoms with van der Waals surface area (Å²) in [6, 6.07) is 17.3. The third-order valence-electron chi connectivity index (χ3n) is 6.65. The number of aromatic carboxylic acids is 1. The molecule has 0 saturated carbocycles. The van der Waals surface area contributed by atoms with Crippen molar-refractivity contribution < 1.29 is 34.1 Å². The minimum atomic E-state index is -1.06. The molecule has 1 heterocycles. The van der Waals surface area contributed by atoms with Gasteiger partial charge in [0, 0.05) is 12.1 Å². The molecule has 3 aromatic rings. The summed E-state index contributed by atoms with van der Waals surface area (Å²) in [5.74, 6) is -1.54. The Hall–Kier alpha value is -4.59. The quantitative estimate of drug-likeness (QED) is 0.242. The molecule has 1 saturated heterocycles. The van der Waals surface area contributed by atoms with Crippen LogP contribution in [0.3, 0.4) is 0 Å². The molecule has 38 heavy (non-hydrogen) atoms. The lowest BCUT2D eigenvalue weighted by molar-refractivity contribution is -0.140. The van der Waals surface area contributed by atoms with E-state index in [0.717, 1.165) is 5.56 Å². The Morgan fingerprint density at radius 3 is 2.08 bits per heavy atom. The van der Waals surface area contributed by atoms with Crippen molar-refractivity contribution in [1.82, 2.24) is 4.90 Å². The summed E-state index contributed by atoms with van der Waals surface area (Å²) in [5, 5.41) is 20.6. The molecule has 0 spiro atoms. The Balaban J connectivity index is 1.84. The van der Waals surface area contributed by atoms with Crippen LogP contribution in [0, 0.1) is 0 Å². The molecule has 1 aliphatic heterocycles. The number of carboxylic acid groups (broad SMARTS) is 1. The number of ketones is 1. The zero-order chi connectivity index (χ0) is 27.6. The molecule has 1 amide bonds. The molecule has 1 atom stereocenters. The van der Waals surface area contributed by atoms with Crippen molar-refractivity contribution in [2.45, 2.75) is 32.4 Å². The third kappa shape index (κ3) is 4.98. The number of rotatable bonds is 8. The molecule has 0 aliphatic carbocycles. The SMILES string of the molecule is COc1ccc(C2/C(=C(/O)c3ccc(OC)c(C(C)C)c3)C(=O)C(=O)N2Cc2ccc(C(=O)O)cc2)cc1. The second kappa shape index (κ2) is 10.8. The molecule has 1 unspecified atom stereocenters. The normalized spacial score (nSPS) is 16.7. The summed E-state index contributed by atoms with van der Waals surface area (Å²) < 4.78 is 10.7. The van der Waals surface area contributed by atoms with E-state index >= 15 is 0 Å². The summed E-state index contributed by atoms with van der Waals surface area (Å²) in [6.07, 6.45) is 0. The molecule has 1 fully saturated rings. The van der Waals surface area contributed by atoms with Gasteiger partial charge >= 0.3 is 5.97 Å². The fraction of sp³-hybridized carbons (Fsp3) is 0.233. The maximum atomic E-state index is 13.4. The number of carbonyl (C=O) groups excluding carboxylic acids is 2. The van der Waals surface area contributed by atoms with E-state index in [1.54, 1.807) is 61.7 Å². The van der Waals surface area contributed by atoms with Crippen molar-refractivity contribution >= 4 is 23.4 Å². The molecule has 3 aromatic carbocycles. The summed E-state index contributed by atoms with van der Waals surface area (Å²) in [4.78, 5) is 39.3.